The van der Waals surface area contributed by atoms with Crippen LogP contribution in [-0.4, -0.2) is 35.1 Å². The second-order valence-electron chi connectivity index (χ2n) is 6.03. The Labute approximate surface area is 104 Å². The second kappa shape index (κ2) is 5.85. The highest BCUT2D eigenvalue weighted by atomic mass is 16.4. The van der Waals surface area contributed by atoms with Crippen molar-refractivity contribution in [1.29, 1.82) is 0 Å². The molecule has 0 aromatic carbocycles. The van der Waals surface area contributed by atoms with E-state index in [-0.39, 0.29) is 6.54 Å². The monoisotopic (exact) mass is 239 g/mol. The molecule has 2 rings (SSSR count). The SMILES string of the molecule is CC1CCCC(N(CC(=O)O)CC2CC2)CC1. The summed E-state index contributed by atoms with van der Waals surface area (Å²) in [4.78, 5) is 13.2. The molecule has 17 heavy (non-hydrogen) atoms. The molecule has 2 fully saturated rings. The number of carboxylic acid groups (broad SMARTS) is 1. The van der Waals surface area contributed by atoms with Gasteiger partial charge >= 0.3 is 5.97 Å². The lowest BCUT2D eigenvalue weighted by atomic mass is 10.0. The first kappa shape index (κ1) is 12.9. The highest BCUT2D eigenvalue weighted by Crippen LogP contribution is 2.32. The zero-order chi connectivity index (χ0) is 12.3. The van der Waals surface area contributed by atoms with E-state index in [2.05, 4.69) is 11.8 Å². The predicted octanol–water partition coefficient (Wildman–Crippen LogP) is 2.75. The van der Waals surface area contributed by atoms with E-state index in [1.54, 1.807) is 0 Å². The molecule has 0 aromatic heterocycles. The minimum Gasteiger partial charge on any atom is -0.480 e. The van der Waals surface area contributed by atoms with Crippen LogP contribution in [0.15, 0.2) is 0 Å². The van der Waals surface area contributed by atoms with Gasteiger partial charge in [-0.25, -0.2) is 0 Å². The molecule has 2 atom stereocenters. The quantitative estimate of drug-likeness (QED) is 0.750. The first-order chi connectivity index (χ1) is 8.15. The number of hydrogen-bond donors (Lipinski definition) is 1. The van der Waals surface area contributed by atoms with Crippen molar-refractivity contribution in [3.63, 3.8) is 0 Å². The van der Waals surface area contributed by atoms with E-state index < -0.39 is 5.97 Å². The molecule has 0 amide bonds. The number of hydrogen-bond acceptors (Lipinski definition) is 2. The van der Waals surface area contributed by atoms with Gasteiger partial charge in [0.1, 0.15) is 0 Å². The number of nitrogens with zero attached hydrogens (tertiary/aromatic N) is 1. The van der Waals surface area contributed by atoms with Gasteiger partial charge in [0.15, 0.2) is 0 Å². The van der Waals surface area contributed by atoms with Crippen LogP contribution in [0, 0.1) is 11.8 Å². The summed E-state index contributed by atoms with van der Waals surface area (Å²) in [6.07, 6.45) is 8.86. The van der Waals surface area contributed by atoms with Gasteiger partial charge in [0.2, 0.25) is 0 Å². The lowest BCUT2D eigenvalue weighted by molar-refractivity contribution is -0.139. The van der Waals surface area contributed by atoms with Crippen LogP contribution in [0.1, 0.15) is 51.9 Å². The van der Waals surface area contributed by atoms with E-state index in [9.17, 15) is 4.79 Å². The molecule has 0 bridgehead atoms. The van der Waals surface area contributed by atoms with Crippen LogP contribution in [0.2, 0.25) is 0 Å². The minimum absolute atomic E-state index is 0.246. The molecule has 0 aromatic rings. The van der Waals surface area contributed by atoms with Gasteiger partial charge in [0, 0.05) is 12.6 Å². The van der Waals surface area contributed by atoms with Crippen LogP contribution >= 0.6 is 0 Å². The normalized spacial score (nSPS) is 30.2. The summed E-state index contributed by atoms with van der Waals surface area (Å²) >= 11 is 0. The van der Waals surface area contributed by atoms with Crippen molar-refractivity contribution in [3.8, 4) is 0 Å². The van der Waals surface area contributed by atoms with Crippen LogP contribution < -0.4 is 0 Å². The van der Waals surface area contributed by atoms with E-state index in [1.165, 1.54) is 44.9 Å². The molecular formula is C14H25NO2. The maximum atomic E-state index is 11.0. The number of aliphatic carboxylic acids is 1. The maximum absolute atomic E-state index is 11.0. The summed E-state index contributed by atoms with van der Waals surface area (Å²) in [5, 5.41) is 9.03. The molecule has 0 saturated heterocycles. The lowest BCUT2D eigenvalue weighted by Gasteiger charge is -2.29. The van der Waals surface area contributed by atoms with Gasteiger partial charge in [-0.2, -0.15) is 0 Å². The molecule has 2 aliphatic rings. The second-order valence-corrected chi connectivity index (χ2v) is 6.03. The Morgan fingerprint density at radius 1 is 1.18 bits per heavy atom. The molecule has 1 N–H and O–H groups in total. The number of carboxylic acids is 1. The van der Waals surface area contributed by atoms with Crippen LogP contribution in [0.5, 0.6) is 0 Å². The molecule has 2 aliphatic carbocycles. The van der Waals surface area contributed by atoms with Crippen LogP contribution in [0.4, 0.5) is 0 Å². The zero-order valence-electron chi connectivity index (χ0n) is 10.9. The summed E-state index contributed by atoms with van der Waals surface area (Å²) in [5.74, 6) is 0.950. The van der Waals surface area contributed by atoms with E-state index in [0.29, 0.717) is 6.04 Å². The van der Waals surface area contributed by atoms with Gasteiger partial charge in [-0.1, -0.05) is 19.8 Å². The Morgan fingerprint density at radius 3 is 2.59 bits per heavy atom. The Morgan fingerprint density at radius 2 is 1.94 bits per heavy atom. The maximum Gasteiger partial charge on any atom is 0.317 e. The van der Waals surface area contributed by atoms with Crippen molar-refractivity contribution in [2.24, 2.45) is 11.8 Å². The molecule has 3 nitrogen and oxygen atoms in total. The highest BCUT2D eigenvalue weighted by Gasteiger charge is 2.30. The largest absolute Gasteiger partial charge is 0.480 e. The topological polar surface area (TPSA) is 40.5 Å². The Kier molecular flexibility index (Phi) is 4.43. The van der Waals surface area contributed by atoms with Crippen LogP contribution in [0.25, 0.3) is 0 Å². The third-order valence-corrected chi connectivity index (χ3v) is 4.27. The summed E-state index contributed by atoms with van der Waals surface area (Å²) in [7, 11) is 0. The fourth-order valence-corrected chi connectivity index (χ4v) is 2.98. The van der Waals surface area contributed by atoms with Crippen LogP contribution in [-0.2, 0) is 4.79 Å². The first-order valence-electron chi connectivity index (χ1n) is 7.11. The van der Waals surface area contributed by atoms with Gasteiger partial charge in [-0.15, -0.1) is 0 Å². The average molecular weight is 239 g/mol. The predicted molar refractivity (Wildman–Crippen MR) is 68.0 cm³/mol. The van der Waals surface area contributed by atoms with E-state index in [4.69, 9.17) is 5.11 Å². The van der Waals surface area contributed by atoms with Crippen LogP contribution in [0.3, 0.4) is 0 Å². The molecule has 98 valence electrons. The summed E-state index contributed by atoms with van der Waals surface area (Å²) < 4.78 is 0. The highest BCUT2D eigenvalue weighted by molar-refractivity contribution is 5.69. The van der Waals surface area contributed by atoms with Crippen molar-refractivity contribution < 1.29 is 9.90 Å². The van der Waals surface area contributed by atoms with Gasteiger partial charge in [0.05, 0.1) is 6.54 Å². The standard InChI is InChI=1S/C14H25NO2/c1-11-3-2-4-13(8-5-11)15(10-14(16)17)9-12-6-7-12/h11-13H,2-10H2,1H3,(H,16,17). The van der Waals surface area contributed by atoms with Crippen molar-refractivity contribution in [2.45, 2.75) is 57.9 Å². The van der Waals surface area contributed by atoms with Crippen molar-refractivity contribution in [3.05, 3.63) is 0 Å². The molecule has 0 radical (unpaired) electrons. The molecule has 2 saturated carbocycles. The lowest BCUT2D eigenvalue weighted by Crippen LogP contribution is -2.40. The zero-order valence-corrected chi connectivity index (χ0v) is 10.9. The fourth-order valence-electron chi connectivity index (χ4n) is 2.98. The number of carbonyl (C=O) groups is 1. The first-order valence-corrected chi connectivity index (χ1v) is 7.11. The summed E-state index contributed by atoms with van der Waals surface area (Å²) in [6, 6.07) is 0.525. The van der Waals surface area contributed by atoms with Gasteiger partial charge in [-0.3, -0.25) is 9.69 Å². The van der Waals surface area contributed by atoms with E-state index >= 15 is 0 Å². The molecule has 2 unspecified atom stereocenters. The minimum atomic E-state index is -0.664. The summed E-state index contributed by atoms with van der Waals surface area (Å²) in [5.41, 5.74) is 0. The Hall–Kier alpha value is -0.570. The Bertz CT molecular complexity index is 263. The molecule has 0 heterocycles. The van der Waals surface area contributed by atoms with Gasteiger partial charge < -0.3 is 5.11 Å². The van der Waals surface area contributed by atoms with Crippen molar-refractivity contribution in [2.75, 3.05) is 13.1 Å². The molecule has 0 aliphatic heterocycles. The molecule has 0 spiro atoms. The molecule has 3 heteroatoms. The smallest absolute Gasteiger partial charge is 0.317 e. The average Bonchev–Trinajstić information content (AvgIpc) is 3.04. The van der Waals surface area contributed by atoms with Crippen molar-refractivity contribution >= 4 is 5.97 Å². The van der Waals surface area contributed by atoms with Gasteiger partial charge in [-0.05, 0) is 43.9 Å². The number of rotatable bonds is 5. The fraction of sp³-hybridized carbons (Fsp3) is 0.929. The van der Waals surface area contributed by atoms with E-state index in [1.807, 2.05) is 0 Å². The third kappa shape index (κ3) is 4.30. The van der Waals surface area contributed by atoms with E-state index in [0.717, 1.165) is 18.4 Å². The van der Waals surface area contributed by atoms with Gasteiger partial charge in [0.25, 0.3) is 0 Å². The van der Waals surface area contributed by atoms with Crippen molar-refractivity contribution in [1.82, 2.24) is 4.90 Å². The molecular weight excluding hydrogens is 214 g/mol. The summed E-state index contributed by atoms with van der Waals surface area (Å²) in [6.45, 7) is 3.59. The Balaban J connectivity index is 1.89. The third-order valence-electron chi connectivity index (χ3n) is 4.27.